The van der Waals surface area contributed by atoms with Gasteiger partial charge in [0.25, 0.3) is 0 Å². The van der Waals surface area contributed by atoms with E-state index in [-0.39, 0.29) is 0 Å². The van der Waals surface area contributed by atoms with E-state index in [2.05, 4.69) is 70.1 Å². The zero-order chi connectivity index (χ0) is 12.5. The monoisotopic (exact) mass is 321 g/mol. The molecule has 1 aliphatic carbocycles. The molecule has 1 heterocycles. The van der Waals surface area contributed by atoms with Gasteiger partial charge in [0.15, 0.2) is 0 Å². The van der Waals surface area contributed by atoms with Crippen molar-refractivity contribution in [1.82, 2.24) is 5.32 Å². The molecular weight excluding hydrogens is 306 g/mol. The third kappa shape index (κ3) is 2.40. The summed E-state index contributed by atoms with van der Waals surface area (Å²) in [5.41, 5.74) is 2.90. The molecule has 3 rings (SSSR count). The summed E-state index contributed by atoms with van der Waals surface area (Å²) in [6, 6.07) is 13.6. The fraction of sp³-hybridized carbons (Fsp3) is 0.333. The van der Waals surface area contributed by atoms with Crippen LogP contribution < -0.4 is 5.32 Å². The summed E-state index contributed by atoms with van der Waals surface area (Å²) in [5.74, 6) is 1.46. The summed E-state index contributed by atoms with van der Waals surface area (Å²) in [6.45, 7) is 0. The molecule has 1 aliphatic rings. The summed E-state index contributed by atoms with van der Waals surface area (Å²) in [4.78, 5) is 0. The van der Waals surface area contributed by atoms with Gasteiger partial charge in [-0.05, 0) is 63.8 Å². The Hall–Kier alpha value is -0.640. The van der Waals surface area contributed by atoms with E-state index in [1.165, 1.54) is 21.3 Å². The Kier molecular flexibility index (Phi) is 3.55. The first kappa shape index (κ1) is 12.4. The number of thiophene rings is 1. The van der Waals surface area contributed by atoms with E-state index in [4.69, 9.17) is 0 Å². The average molecular weight is 322 g/mol. The SMILES string of the molecule is CNC(c1csc(Br)c1)C1CC1c1ccccc1. The maximum atomic E-state index is 3.55. The third-order valence-corrected chi connectivity index (χ3v) is 5.28. The van der Waals surface area contributed by atoms with Gasteiger partial charge in [-0.3, -0.25) is 0 Å². The molecule has 94 valence electrons. The van der Waals surface area contributed by atoms with Crippen LogP contribution in [-0.2, 0) is 0 Å². The Labute approximate surface area is 120 Å². The Morgan fingerprint density at radius 1 is 1.33 bits per heavy atom. The summed E-state index contributed by atoms with van der Waals surface area (Å²) in [7, 11) is 2.07. The molecule has 1 saturated carbocycles. The largest absolute Gasteiger partial charge is 0.313 e. The van der Waals surface area contributed by atoms with Crippen LogP contribution in [0.5, 0.6) is 0 Å². The van der Waals surface area contributed by atoms with Crippen molar-refractivity contribution in [3.05, 3.63) is 56.7 Å². The minimum Gasteiger partial charge on any atom is -0.313 e. The van der Waals surface area contributed by atoms with Crippen LogP contribution in [-0.4, -0.2) is 7.05 Å². The van der Waals surface area contributed by atoms with Crippen LogP contribution in [0.1, 0.15) is 29.5 Å². The van der Waals surface area contributed by atoms with Gasteiger partial charge < -0.3 is 5.32 Å². The predicted octanol–water partition coefficient (Wildman–Crippen LogP) is 4.57. The lowest BCUT2D eigenvalue weighted by molar-refractivity contribution is 0.519. The molecule has 1 aromatic carbocycles. The Balaban J connectivity index is 1.76. The molecule has 1 fully saturated rings. The molecule has 2 aromatic rings. The molecule has 0 amide bonds. The third-order valence-electron chi connectivity index (χ3n) is 3.75. The number of hydrogen-bond acceptors (Lipinski definition) is 2. The van der Waals surface area contributed by atoms with Gasteiger partial charge in [-0.15, -0.1) is 11.3 Å². The van der Waals surface area contributed by atoms with E-state index in [9.17, 15) is 0 Å². The van der Waals surface area contributed by atoms with E-state index in [0.29, 0.717) is 6.04 Å². The van der Waals surface area contributed by atoms with E-state index in [1.54, 1.807) is 11.3 Å². The summed E-state index contributed by atoms with van der Waals surface area (Å²) >= 11 is 5.32. The average Bonchev–Trinajstić information content (AvgIpc) is 3.07. The number of nitrogens with one attached hydrogen (secondary N) is 1. The topological polar surface area (TPSA) is 12.0 Å². The molecule has 1 nitrogen and oxygen atoms in total. The second-order valence-corrected chi connectivity index (χ2v) is 7.16. The minimum absolute atomic E-state index is 0.484. The Morgan fingerprint density at radius 2 is 2.11 bits per heavy atom. The zero-order valence-electron chi connectivity index (χ0n) is 10.3. The second-order valence-electron chi connectivity index (χ2n) is 4.87. The van der Waals surface area contributed by atoms with Crippen molar-refractivity contribution in [1.29, 1.82) is 0 Å². The molecule has 1 aromatic heterocycles. The van der Waals surface area contributed by atoms with Crippen molar-refractivity contribution in [3.63, 3.8) is 0 Å². The lowest BCUT2D eigenvalue weighted by Gasteiger charge is -2.15. The number of halogens is 1. The fourth-order valence-corrected chi connectivity index (χ4v) is 3.99. The van der Waals surface area contributed by atoms with E-state index >= 15 is 0 Å². The van der Waals surface area contributed by atoms with Gasteiger partial charge in [0.2, 0.25) is 0 Å². The van der Waals surface area contributed by atoms with Crippen LogP contribution in [0.25, 0.3) is 0 Å². The van der Waals surface area contributed by atoms with Gasteiger partial charge in [0.1, 0.15) is 0 Å². The van der Waals surface area contributed by atoms with Crippen molar-refractivity contribution >= 4 is 27.3 Å². The van der Waals surface area contributed by atoms with Crippen LogP contribution in [0, 0.1) is 5.92 Å². The summed E-state index contributed by atoms with van der Waals surface area (Å²) < 4.78 is 1.22. The van der Waals surface area contributed by atoms with Gasteiger partial charge in [-0.2, -0.15) is 0 Å². The van der Waals surface area contributed by atoms with Crippen LogP contribution >= 0.6 is 27.3 Å². The van der Waals surface area contributed by atoms with Gasteiger partial charge >= 0.3 is 0 Å². The lowest BCUT2D eigenvalue weighted by Crippen LogP contribution is -2.18. The highest BCUT2D eigenvalue weighted by Gasteiger charge is 2.43. The van der Waals surface area contributed by atoms with Crippen LogP contribution in [0.3, 0.4) is 0 Å². The smallest absolute Gasteiger partial charge is 0.0701 e. The zero-order valence-corrected chi connectivity index (χ0v) is 12.7. The van der Waals surface area contributed by atoms with Gasteiger partial charge in [-0.25, -0.2) is 0 Å². The maximum Gasteiger partial charge on any atom is 0.0701 e. The Bertz CT molecular complexity index is 522. The maximum absolute atomic E-state index is 3.55. The molecule has 3 heteroatoms. The van der Waals surface area contributed by atoms with E-state index in [1.807, 2.05) is 0 Å². The first-order valence-electron chi connectivity index (χ1n) is 6.25. The van der Waals surface area contributed by atoms with Gasteiger partial charge in [0, 0.05) is 6.04 Å². The normalized spacial score (nSPS) is 23.9. The molecule has 0 spiro atoms. The number of hydrogen-bond donors (Lipinski definition) is 1. The quantitative estimate of drug-likeness (QED) is 0.869. The van der Waals surface area contributed by atoms with Crippen molar-refractivity contribution in [2.75, 3.05) is 7.05 Å². The number of rotatable bonds is 4. The van der Waals surface area contributed by atoms with Crippen molar-refractivity contribution in [2.24, 2.45) is 5.92 Å². The highest BCUT2D eigenvalue weighted by Crippen LogP contribution is 2.54. The fourth-order valence-electron chi connectivity index (χ4n) is 2.78. The van der Waals surface area contributed by atoms with Crippen molar-refractivity contribution in [2.45, 2.75) is 18.4 Å². The van der Waals surface area contributed by atoms with E-state index in [0.717, 1.165) is 11.8 Å². The van der Waals surface area contributed by atoms with Crippen LogP contribution in [0.2, 0.25) is 0 Å². The standard InChI is InChI=1S/C15H16BrNS/c1-17-15(11-7-14(16)18-9-11)13-8-12(13)10-5-3-2-4-6-10/h2-7,9,12-13,15,17H,8H2,1H3. The first-order chi connectivity index (χ1) is 8.79. The van der Waals surface area contributed by atoms with Crippen molar-refractivity contribution in [3.8, 4) is 0 Å². The molecule has 3 unspecified atom stereocenters. The molecule has 0 radical (unpaired) electrons. The summed E-state index contributed by atoms with van der Waals surface area (Å²) in [5, 5.41) is 5.73. The molecule has 3 atom stereocenters. The molecular formula is C15H16BrNS. The molecule has 1 N–H and O–H groups in total. The van der Waals surface area contributed by atoms with Gasteiger partial charge in [0.05, 0.1) is 3.79 Å². The highest BCUT2D eigenvalue weighted by atomic mass is 79.9. The number of benzene rings is 1. The molecule has 18 heavy (non-hydrogen) atoms. The highest BCUT2D eigenvalue weighted by molar-refractivity contribution is 9.11. The minimum atomic E-state index is 0.484. The molecule has 0 aliphatic heterocycles. The molecule has 0 saturated heterocycles. The first-order valence-corrected chi connectivity index (χ1v) is 7.93. The van der Waals surface area contributed by atoms with Crippen molar-refractivity contribution < 1.29 is 0 Å². The lowest BCUT2D eigenvalue weighted by atomic mass is 10.0. The van der Waals surface area contributed by atoms with E-state index < -0.39 is 0 Å². The molecule has 0 bridgehead atoms. The Morgan fingerprint density at radius 3 is 2.72 bits per heavy atom. The summed E-state index contributed by atoms with van der Waals surface area (Å²) in [6.07, 6.45) is 1.29. The predicted molar refractivity (Wildman–Crippen MR) is 81.1 cm³/mol. The van der Waals surface area contributed by atoms with Crippen LogP contribution in [0.15, 0.2) is 45.6 Å². The van der Waals surface area contributed by atoms with Gasteiger partial charge in [-0.1, -0.05) is 30.3 Å². The second kappa shape index (κ2) is 5.16. The van der Waals surface area contributed by atoms with Crippen LogP contribution in [0.4, 0.5) is 0 Å².